The number of aliphatic carboxylic acids is 1. The lowest BCUT2D eigenvalue weighted by Gasteiger charge is -2.29. The molecule has 110 valence electrons. The van der Waals surface area contributed by atoms with Gasteiger partial charge in [0.1, 0.15) is 0 Å². The van der Waals surface area contributed by atoms with Gasteiger partial charge in [0.05, 0.1) is 5.92 Å². The molecule has 0 radical (unpaired) electrons. The summed E-state index contributed by atoms with van der Waals surface area (Å²) >= 11 is 1.75. The van der Waals surface area contributed by atoms with E-state index in [4.69, 9.17) is 5.11 Å². The van der Waals surface area contributed by atoms with Gasteiger partial charge in [-0.1, -0.05) is 12.1 Å². The molecule has 4 heteroatoms. The maximum atomic E-state index is 10.9. The molecule has 1 fully saturated rings. The third kappa shape index (κ3) is 4.00. The number of hydrogen-bond acceptors (Lipinski definition) is 3. The Kier molecular flexibility index (Phi) is 5.49. The van der Waals surface area contributed by atoms with Crippen molar-refractivity contribution in [2.45, 2.75) is 49.6 Å². The Hall–Kier alpha value is -1.00. The molecule has 0 aromatic heterocycles. The average Bonchev–Trinajstić information content (AvgIpc) is 2.48. The normalized spacial score (nSPS) is 24.3. The maximum Gasteiger partial charge on any atom is 0.306 e. The van der Waals surface area contributed by atoms with E-state index >= 15 is 0 Å². The van der Waals surface area contributed by atoms with Crippen molar-refractivity contribution in [3.63, 3.8) is 0 Å². The topological polar surface area (TPSA) is 49.3 Å². The zero-order valence-corrected chi connectivity index (χ0v) is 13.0. The highest BCUT2D eigenvalue weighted by Crippen LogP contribution is 2.26. The van der Waals surface area contributed by atoms with E-state index in [-0.39, 0.29) is 5.92 Å². The molecule has 3 nitrogen and oxygen atoms in total. The molecule has 0 spiro atoms. The van der Waals surface area contributed by atoms with E-state index in [9.17, 15) is 4.79 Å². The highest BCUT2D eigenvalue weighted by molar-refractivity contribution is 7.98. The minimum Gasteiger partial charge on any atom is -0.481 e. The smallest absolute Gasteiger partial charge is 0.306 e. The molecule has 1 aliphatic rings. The van der Waals surface area contributed by atoms with Crippen LogP contribution in [-0.2, 0) is 4.79 Å². The minimum absolute atomic E-state index is 0.135. The number of nitrogens with one attached hydrogen (secondary N) is 1. The van der Waals surface area contributed by atoms with Crippen LogP contribution in [0.3, 0.4) is 0 Å². The molecule has 0 heterocycles. The highest BCUT2D eigenvalue weighted by atomic mass is 32.2. The van der Waals surface area contributed by atoms with Gasteiger partial charge in [-0.2, -0.15) is 0 Å². The molecule has 0 aliphatic heterocycles. The first-order valence-corrected chi connectivity index (χ1v) is 8.45. The first kappa shape index (κ1) is 15.4. The first-order valence-electron chi connectivity index (χ1n) is 7.23. The number of thioether (sulfide) groups is 1. The SMILES string of the molecule is CSc1ccc(C(C)NC2CCC(C(=O)O)CC2)cc1. The molecule has 0 amide bonds. The van der Waals surface area contributed by atoms with Crippen LogP contribution in [0.25, 0.3) is 0 Å². The molecular formula is C16H23NO2S. The van der Waals surface area contributed by atoms with Crippen molar-refractivity contribution in [1.29, 1.82) is 0 Å². The molecule has 1 aromatic rings. The number of hydrogen-bond donors (Lipinski definition) is 2. The summed E-state index contributed by atoms with van der Waals surface area (Å²) in [5.41, 5.74) is 1.29. The summed E-state index contributed by atoms with van der Waals surface area (Å²) < 4.78 is 0. The summed E-state index contributed by atoms with van der Waals surface area (Å²) in [6.45, 7) is 2.18. The Labute approximate surface area is 125 Å². The van der Waals surface area contributed by atoms with Crippen LogP contribution >= 0.6 is 11.8 Å². The van der Waals surface area contributed by atoms with Crippen LogP contribution in [0.5, 0.6) is 0 Å². The van der Waals surface area contributed by atoms with Crippen LogP contribution in [0.4, 0.5) is 0 Å². The van der Waals surface area contributed by atoms with Crippen molar-refractivity contribution in [2.75, 3.05) is 6.26 Å². The number of rotatable bonds is 5. The van der Waals surface area contributed by atoms with Crippen LogP contribution < -0.4 is 5.32 Å². The predicted molar refractivity (Wildman–Crippen MR) is 83.2 cm³/mol. The van der Waals surface area contributed by atoms with E-state index in [0.717, 1.165) is 25.7 Å². The van der Waals surface area contributed by atoms with Crippen LogP contribution in [-0.4, -0.2) is 23.4 Å². The second-order valence-electron chi connectivity index (χ2n) is 5.55. The molecule has 0 bridgehead atoms. The summed E-state index contributed by atoms with van der Waals surface area (Å²) in [6, 6.07) is 9.41. The summed E-state index contributed by atoms with van der Waals surface area (Å²) in [5, 5.41) is 12.6. The average molecular weight is 293 g/mol. The summed E-state index contributed by atoms with van der Waals surface area (Å²) in [5.74, 6) is -0.770. The lowest BCUT2D eigenvalue weighted by Crippen LogP contribution is -2.36. The van der Waals surface area contributed by atoms with Crippen LogP contribution in [0.1, 0.15) is 44.2 Å². The molecule has 2 N–H and O–H groups in total. The Morgan fingerprint density at radius 1 is 1.25 bits per heavy atom. The van der Waals surface area contributed by atoms with Gasteiger partial charge in [0, 0.05) is 17.0 Å². The lowest BCUT2D eigenvalue weighted by molar-refractivity contribution is -0.142. The second-order valence-corrected chi connectivity index (χ2v) is 6.43. The van der Waals surface area contributed by atoms with Gasteiger partial charge in [0.15, 0.2) is 0 Å². The molecule has 1 unspecified atom stereocenters. The fourth-order valence-electron chi connectivity index (χ4n) is 2.85. The fraction of sp³-hybridized carbons (Fsp3) is 0.562. The molecule has 1 aliphatic carbocycles. The predicted octanol–water partition coefficient (Wildman–Crippen LogP) is 3.70. The standard InChI is InChI=1S/C16H23NO2S/c1-11(12-5-9-15(20-2)10-6-12)17-14-7-3-13(4-8-14)16(18)19/h5-6,9-11,13-14,17H,3-4,7-8H2,1-2H3,(H,18,19). The van der Waals surface area contributed by atoms with Gasteiger partial charge in [-0.25, -0.2) is 0 Å². The van der Waals surface area contributed by atoms with Gasteiger partial charge in [-0.15, -0.1) is 11.8 Å². The Balaban J connectivity index is 1.85. The van der Waals surface area contributed by atoms with Gasteiger partial charge in [-0.3, -0.25) is 4.79 Å². The molecule has 0 saturated heterocycles. The molecule has 20 heavy (non-hydrogen) atoms. The van der Waals surface area contributed by atoms with E-state index in [0.29, 0.717) is 12.1 Å². The largest absolute Gasteiger partial charge is 0.481 e. The lowest BCUT2D eigenvalue weighted by atomic mass is 9.85. The van der Waals surface area contributed by atoms with Gasteiger partial charge in [0.25, 0.3) is 0 Å². The summed E-state index contributed by atoms with van der Waals surface area (Å²) in [7, 11) is 0. The van der Waals surface area contributed by atoms with Crippen molar-refractivity contribution in [2.24, 2.45) is 5.92 Å². The minimum atomic E-state index is -0.635. The number of carboxylic acids is 1. The van der Waals surface area contributed by atoms with Crippen molar-refractivity contribution in [3.05, 3.63) is 29.8 Å². The Morgan fingerprint density at radius 2 is 1.85 bits per heavy atom. The van der Waals surface area contributed by atoms with E-state index in [1.807, 2.05) is 0 Å². The van der Waals surface area contributed by atoms with Gasteiger partial charge in [-0.05, 0) is 56.6 Å². The van der Waals surface area contributed by atoms with E-state index in [1.165, 1.54) is 10.5 Å². The highest BCUT2D eigenvalue weighted by Gasteiger charge is 2.26. The number of carboxylic acid groups (broad SMARTS) is 1. The van der Waals surface area contributed by atoms with E-state index in [1.54, 1.807) is 11.8 Å². The quantitative estimate of drug-likeness (QED) is 0.813. The van der Waals surface area contributed by atoms with E-state index < -0.39 is 5.97 Å². The van der Waals surface area contributed by atoms with Crippen molar-refractivity contribution < 1.29 is 9.90 Å². The third-order valence-electron chi connectivity index (χ3n) is 4.18. The van der Waals surface area contributed by atoms with Crippen LogP contribution in [0.2, 0.25) is 0 Å². The molecule has 1 aromatic carbocycles. The van der Waals surface area contributed by atoms with Gasteiger partial charge >= 0.3 is 5.97 Å². The zero-order chi connectivity index (χ0) is 14.5. The molecule has 1 atom stereocenters. The second kappa shape index (κ2) is 7.14. The number of carbonyl (C=O) groups is 1. The van der Waals surface area contributed by atoms with Crippen molar-refractivity contribution in [1.82, 2.24) is 5.32 Å². The third-order valence-corrected chi connectivity index (χ3v) is 4.92. The summed E-state index contributed by atoms with van der Waals surface area (Å²) in [4.78, 5) is 12.2. The van der Waals surface area contributed by atoms with E-state index in [2.05, 4.69) is 42.8 Å². The zero-order valence-electron chi connectivity index (χ0n) is 12.1. The molecule has 2 rings (SSSR count). The van der Waals surface area contributed by atoms with Gasteiger partial charge < -0.3 is 10.4 Å². The molecular weight excluding hydrogens is 270 g/mol. The van der Waals surface area contributed by atoms with Gasteiger partial charge in [0.2, 0.25) is 0 Å². The molecule has 1 saturated carbocycles. The van der Waals surface area contributed by atoms with Crippen molar-refractivity contribution >= 4 is 17.7 Å². The maximum absolute atomic E-state index is 10.9. The van der Waals surface area contributed by atoms with Crippen LogP contribution in [0.15, 0.2) is 29.2 Å². The van der Waals surface area contributed by atoms with Crippen molar-refractivity contribution in [3.8, 4) is 0 Å². The first-order chi connectivity index (χ1) is 9.60. The Bertz CT molecular complexity index is 438. The summed E-state index contributed by atoms with van der Waals surface area (Å²) in [6.07, 6.45) is 5.60. The fourth-order valence-corrected chi connectivity index (χ4v) is 3.26. The monoisotopic (exact) mass is 293 g/mol. The number of benzene rings is 1. The van der Waals surface area contributed by atoms with Crippen LogP contribution in [0, 0.1) is 5.92 Å². The Morgan fingerprint density at radius 3 is 2.35 bits per heavy atom.